The zero-order chi connectivity index (χ0) is 16.3. The van der Waals surface area contributed by atoms with Crippen molar-refractivity contribution in [2.75, 3.05) is 0 Å². The Kier molecular flexibility index (Phi) is 4.34. The number of hydrogen-bond acceptors (Lipinski definition) is 0. The first-order valence-corrected chi connectivity index (χ1v) is 8.38. The molecule has 0 radical (unpaired) electrons. The van der Waals surface area contributed by atoms with Gasteiger partial charge in [0, 0.05) is 0 Å². The lowest BCUT2D eigenvalue weighted by Crippen LogP contribution is -2.17. The molecule has 0 bridgehead atoms. The molecule has 0 saturated heterocycles. The van der Waals surface area contributed by atoms with Crippen LogP contribution >= 0.6 is 0 Å². The van der Waals surface area contributed by atoms with Crippen LogP contribution in [-0.2, 0) is 5.41 Å². The second-order valence-electron chi connectivity index (χ2n) is 6.70. The lowest BCUT2D eigenvalue weighted by Gasteiger charge is -2.28. The van der Waals surface area contributed by atoms with Gasteiger partial charge in [-0.2, -0.15) is 0 Å². The first-order chi connectivity index (χ1) is 11.1. The molecule has 23 heavy (non-hydrogen) atoms. The van der Waals surface area contributed by atoms with Gasteiger partial charge in [-0.1, -0.05) is 99.6 Å². The predicted octanol–water partition coefficient (Wildman–Crippen LogP) is 6.71. The fourth-order valence-electron chi connectivity index (χ4n) is 3.08. The van der Waals surface area contributed by atoms with E-state index < -0.39 is 0 Å². The van der Waals surface area contributed by atoms with Crippen molar-refractivity contribution < 1.29 is 0 Å². The Morgan fingerprint density at radius 1 is 0.652 bits per heavy atom. The van der Waals surface area contributed by atoms with Crippen molar-refractivity contribution in [3.63, 3.8) is 0 Å². The monoisotopic (exact) mass is 300 g/mol. The SMILES string of the molecule is CCC(C)(C)c1cccc(-c2ccccc2)c1-c1ccccc1. The summed E-state index contributed by atoms with van der Waals surface area (Å²) in [7, 11) is 0. The van der Waals surface area contributed by atoms with Crippen LogP contribution in [0.15, 0.2) is 78.9 Å². The maximum Gasteiger partial charge on any atom is -0.00679 e. The van der Waals surface area contributed by atoms with Crippen LogP contribution in [0.1, 0.15) is 32.8 Å². The Morgan fingerprint density at radius 2 is 1.22 bits per heavy atom. The van der Waals surface area contributed by atoms with Gasteiger partial charge in [0.25, 0.3) is 0 Å². The van der Waals surface area contributed by atoms with Crippen LogP contribution in [0.25, 0.3) is 22.3 Å². The Hall–Kier alpha value is -2.34. The van der Waals surface area contributed by atoms with Crippen molar-refractivity contribution in [3.05, 3.63) is 84.4 Å². The largest absolute Gasteiger partial charge is 0.0646 e. The van der Waals surface area contributed by atoms with Gasteiger partial charge in [0.05, 0.1) is 0 Å². The number of benzene rings is 3. The van der Waals surface area contributed by atoms with Gasteiger partial charge in [0.1, 0.15) is 0 Å². The molecular weight excluding hydrogens is 276 g/mol. The van der Waals surface area contributed by atoms with Gasteiger partial charge in [0.15, 0.2) is 0 Å². The summed E-state index contributed by atoms with van der Waals surface area (Å²) in [5, 5.41) is 0. The first-order valence-electron chi connectivity index (χ1n) is 8.38. The minimum Gasteiger partial charge on any atom is -0.0646 e. The number of hydrogen-bond donors (Lipinski definition) is 0. The Bertz CT molecular complexity index is 768. The molecule has 0 heteroatoms. The Labute approximate surface area is 139 Å². The molecule has 0 amide bonds. The van der Waals surface area contributed by atoms with Gasteiger partial charge in [-0.15, -0.1) is 0 Å². The molecule has 0 heterocycles. The Balaban J connectivity index is 2.32. The molecule has 0 aliphatic heterocycles. The highest BCUT2D eigenvalue weighted by Crippen LogP contribution is 2.41. The molecule has 116 valence electrons. The first kappa shape index (κ1) is 15.6. The highest BCUT2D eigenvalue weighted by atomic mass is 14.3. The number of rotatable bonds is 4. The third-order valence-electron chi connectivity index (χ3n) is 4.82. The minimum absolute atomic E-state index is 0.149. The molecule has 0 N–H and O–H groups in total. The second kappa shape index (κ2) is 6.42. The molecule has 3 aromatic carbocycles. The van der Waals surface area contributed by atoms with Crippen LogP contribution in [0.5, 0.6) is 0 Å². The lowest BCUT2D eigenvalue weighted by atomic mass is 9.76. The predicted molar refractivity (Wildman–Crippen MR) is 101 cm³/mol. The van der Waals surface area contributed by atoms with Crippen LogP contribution in [-0.4, -0.2) is 0 Å². The summed E-state index contributed by atoms with van der Waals surface area (Å²) in [6.07, 6.45) is 1.12. The van der Waals surface area contributed by atoms with Crippen LogP contribution < -0.4 is 0 Å². The standard InChI is InChI=1S/C23H24/c1-4-23(2,3)21-17-11-16-20(18-12-7-5-8-13-18)22(21)19-14-9-6-10-15-19/h5-17H,4H2,1-3H3. The van der Waals surface area contributed by atoms with Crippen molar-refractivity contribution in [1.82, 2.24) is 0 Å². The summed E-state index contributed by atoms with van der Waals surface area (Å²) in [4.78, 5) is 0. The van der Waals surface area contributed by atoms with E-state index in [4.69, 9.17) is 0 Å². The topological polar surface area (TPSA) is 0 Å². The smallest absolute Gasteiger partial charge is 0.00679 e. The molecule has 0 fully saturated rings. The average Bonchev–Trinajstić information content (AvgIpc) is 2.62. The maximum absolute atomic E-state index is 2.34. The molecule has 0 nitrogen and oxygen atoms in total. The fraction of sp³-hybridized carbons (Fsp3) is 0.217. The third kappa shape index (κ3) is 3.07. The van der Waals surface area contributed by atoms with E-state index in [1.165, 1.54) is 27.8 Å². The van der Waals surface area contributed by atoms with Gasteiger partial charge in [-0.05, 0) is 39.7 Å². The molecule has 0 aliphatic rings. The molecule has 0 unspecified atom stereocenters. The second-order valence-corrected chi connectivity index (χ2v) is 6.70. The molecular formula is C23H24. The Morgan fingerprint density at radius 3 is 1.78 bits per heavy atom. The zero-order valence-corrected chi connectivity index (χ0v) is 14.2. The van der Waals surface area contributed by atoms with Crippen LogP contribution in [0.3, 0.4) is 0 Å². The van der Waals surface area contributed by atoms with Crippen LogP contribution in [0.4, 0.5) is 0 Å². The molecule has 0 saturated carbocycles. The molecule has 3 rings (SSSR count). The van der Waals surface area contributed by atoms with E-state index >= 15 is 0 Å². The molecule has 0 atom stereocenters. The van der Waals surface area contributed by atoms with Crippen molar-refractivity contribution in [3.8, 4) is 22.3 Å². The average molecular weight is 300 g/mol. The van der Waals surface area contributed by atoms with Crippen molar-refractivity contribution >= 4 is 0 Å². The summed E-state index contributed by atoms with van der Waals surface area (Å²) in [5.41, 5.74) is 6.83. The summed E-state index contributed by atoms with van der Waals surface area (Å²) < 4.78 is 0. The van der Waals surface area contributed by atoms with Crippen molar-refractivity contribution in [1.29, 1.82) is 0 Å². The van der Waals surface area contributed by atoms with Gasteiger partial charge >= 0.3 is 0 Å². The van der Waals surface area contributed by atoms with Crippen LogP contribution in [0, 0.1) is 0 Å². The summed E-state index contributed by atoms with van der Waals surface area (Å²) in [5.74, 6) is 0. The third-order valence-corrected chi connectivity index (χ3v) is 4.82. The van der Waals surface area contributed by atoms with Gasteiger partial charge in [-0.25, -0.2) is 0 Å². The van der Waals surface area contributed by atoms with Gasteiger partial charge in [-0.3, -0.25) is 0 Å². The van der Waals surface area contributed by atoms with Crippen molar-refractivity contribution in [2.45, 2.75) is 32.6 Å². The minimum atomic E-state index is 0.149. The molecule has 0 spiro atoms. The van der Waals surface area contributed by atoms with Gasteiger partial charge < -0.3 is 0 Å². The van der Waals surface area contributed by atoms with E-state index in [2.05, 4.69) is 99.6 Å². The summed E-state index contributed by atoms with van der Waals surface area (Å²) >= 11 is 0. The normalized spacial score (nSPS) is 11.4. The highest BCUT2D eigenvalue weighted by molar-refractivity contribution is 5.86. The quantitative estimate of drug-likeness (QED) is 0.502. The molecule has 0 aliphatic carbocycles. The summed E-state index contributed by atoms with van der Waals surface area (Å²) in [6.45, 7) is 6.94. The molecule has 0 aromatic heterocycles. The summed E-state index contributed by atoms with van der Waals surface area (Å²) in [6, 6.07) is 28.2. The maximum atomic E-state index is 2.34. The van der Waals surface area contributed by atoms with E-state index in [0.717, 1.165) is 6.42 Å². The van der Waals surface area contributed by atoms with E-state index in [1.807, 2.05) is 0 Å². The van der Waals surface area contributed by atoms with Gasteiger partial charge in [0.2, 0.25) is 0 Å². The molecule has 3 aromatic rings. The van der Waals surface area contributed by atoms with E-state index in [9.17, 15) is 0 Å². The highest BCUT2D eigenvalue weighted by Gasteiger charge is 2.24. The van der Waals surface area contributed by atoms with Crippen LogP contribution in [0.2, 0.25) is 0 Å². The van der Waals surface area contributed by atoms with E-state index in [0.29, 0.717) is 0 Å². The lowest BCUT2D eigenvalue weighted by molar-refractivity contribution is 0.508. The van der Waals surface area contributed by atoms with E-state index in [-0.39, 0.29) is 5.41 Å². The van der Waals surface area contributed by atoms with Crippen molar-refractivity contribution in [2.24, 2.45) is 0 Å². The van der Waals surface area contributed by atoms with E-state index in [1.54, 1.807) is 0 Å². The fourth-order valence-corrected chi connectivity index (χ4v) is 3.08. The zero-order valence-electron chi connectivity index (χ0n) is 14.2.